The molecule has 0 atom stereocenters. The fourth-order valence-corrected chi connectivity index (χ4v) is 7.00. The van der Waals surface area contributed by atoms with E-state index in [4.69, 9.17) is 0 Å². The Morgan fingerprint density at radius 1 is 0.341 bits per heavy atom. The van der Waals surface area contributed by atoms with E-state index in [2.05, 4.69) is 162 Å². The van der Waals surface area contributed by atoms with Crippen LogP contribution >= 0.6 is 0 Å². The highest BCUT2D eigenvalue weighted by atomic mass is 15.0. The maximum absolute atomic E-state index is 2.51. The van der Waals surface area contributed by atoms with Gasteiger partial charge in [0.2, 0.25) is 0 Å². The molecular formula is C43H39N. The van der Waals surface area contributed by atoms with E-state index in [1.165, 1.54) is 99.8 Å². The minimum Gasteiger partial charge on any atom is -0.309 e. The van der Waals surface area contributed by atoms with Gasteiger partial charge in [-0.25, -0.2) is 0 Å². The second-order valence-corrected chi connectivity index (χ2v) is 12.6. The van der Waals surface area contributed by atoms with Gasteiger partial charge in [0.05, 0.1) is 16.7 Å². The number of fused-ring (bicyclic) bond motifs is 3. The summed E-state index contributed by atoms with van der Waals surface area (Å²) in [5, 5.41) is 2.60. The van der Waals surface area contributed by atoms with E-state index in [-0.39, 0.29) is 0 Å². The van der Waals surface area contributed by atoms with Crippen molar-refractivity contribution in [1.82, 2.24) is 4.57 Å². The highest BCUT2D eigenvalue weighted by Crippen LogP contribution is 2.39. The van der Waals surface area contributed by atoms with E-state index < -0.39 is 0 Å². The molecule has 0 saturated heterocycles. The molecule has 1 aromatic heterocycles. The Morgan fingerprint density at radius 2 is 0.841 bits per heavy atom. The molecule has 0 radical (unpaired) electrons. The molecule has 0 aliphatic carbocycles. The van der Waals surface area contributed by atoms with Crippen LogP contribution in [0.2, 0.25) is 0 Å². The summed E-state index contributed by atoms with van der Waals surface area (Å²) in [5.41, 5.74) is 20.7. The van der Waals surface area contributed by atoms with Crippen molar-refractivity contribution in [2.45, 2.75) is 48.5 Å². The summed E-state index contributed by atoms with van der Waals surface area (Å²) in [5.74, 6) is 0. The van der Waals surface area contributed by atoms with E-state index >= 15 is 0 Å². The lowest BCUT2D eigenvalue weighted by Gasteiger charge is -2.21. The van der Waals surface area contributed by atoms with Gasteiger partial charge >= 0.3 is 0 Å². The van der Waals surface area contributed by atoms with Gasteiger partial charge in [0.1, 0.15) is 0 Å². The summed E-state index contributed by atoms with van der Waals surface area (Å²) in [6.07, 6.45) is 0. The molecule has 1 heteroatoms. The fourth-order valence-electron chi connectivity index (χ4n) is 7.00. The second-order valence-electron chi connectivity index (χ2n) is 12.6. The van der Waals surface area contributed by atoms with Gasteiger partial charge in [0.25, 0.3) is 0 Å². The number of hydrogen-bond donors (Lipinski definition) is 0. The zero-order valence-corrected chi connectivity index (χ0v) is 26.8. The monoisotopic (exact) mass is 569 g/mol. The number of nitrogens with zero attached hydrogens (tertiary/aromatic N) is 1. The topological polar surface area (TPSA) is 4.93 Å². The van der Waals surface area contributed by atoms with Gasteiger partial charge in [-0.2, -0.15) is 0 Å². The van der Waals surface area contributed by atoms with E-state index in [1.54, 1.807) is 0 Å². The molecule has 7 rings (SSSR count). The van der Waals surface area contributed by atoms with Crippen molar-refractivity contribution in [3.05, 3.63) is 148 Å². The quantitative estimate of drug-likeness (QED) is 0.199. The molecule has 0 amide bonds. The molecule has 0 unspecified atom stereocenters. The molecule has 0 bridgehead atoms. The van der Waals surface area contributed by atoms with E-state index in [0.717, 1.165) is 0 Å². The smallest absolute Gasteiger partial charge is 0.0541 e. The molecule has 1 heterocycles. The van der Waals surface area contributed by atoms with Crippen LogP contribution < -0.4 is 0 Å². The fraction of sp³-hybridized carbons (Fsp3) is 0.163. The van der Waals surface area contributed by atoms with Crippen molar-refractivity contribution in [3.8, 4) is 39.1 Å². The first-order chi connectivity index (χ1) is 21.2. The summed E-state index contributed by atoms with van der Waals surface area (Å²) < 4.78 is 2.51. The Hall–Kier alpha value is -4.88. The molecule has 7 aromatic rings. The van der Waals surface area contributed by atoms with Crippen LogP contribution in [0.4, 0.5) is 0 Å². The van der Waals surface area contributed by atoms with Crippen LogP contribution in [-0.2, 0) is 0 Å². The molecule has 0 aliphatic heterocycles. The third-order valence-electron chi connectivity index (χ3n) is 9.82. The minimum atomic E-state index is 1.23. The maximum atomic E-state index is 2.51. The number of hydrogen-bond acceptors (Lipinski definition) is 0. The van der Waals surface area contributed by atoms with Gasteiger partial charge in [-0.05, 0) is 152 Å². The molecule has 0 fully saturated rings. The van der Waals surface area contributed by atoms with Gasteiger partial charge in [-0.15, -0.1) is 0 Å². The van der Waals surface area contributed by atoms with Crippen molar-refractivity contribution < 1.29 is 0 Å². The van der Waals surface area contributed by atoms with Crippen LogP contribution in [0.15, 0.2) is 109 Å². The van der Waals surface area contributed by atoms with E-state index in [9.17, 15) is 0 Å². The number of aromatic nitrogens is 1. The summed E-state index contributed by atoms with van der Waals surface area (Å²) in [6.45, 7) is 15.7. The Labute approximate surface area is 261 Å². The van der Waals surface area contributed by atoms with Crippen LogP contribution in [0.5, 0.6) is 0 Å². The van der Waals surface area contributed by atoms with Gasteiger partial charge in [-0.3, -0.25) is 0 Å². The highest BCUT2D eigenvalue weighted by Gasteiger charge is 2.20. The van der Waals surface area contributed by atoms with E-state index in [0.29, 0.717) is 0 Å². The van der Waals surface area contributed by atoms with Crippen molar-refractivity contribution in [1.29, 1.82) is 0 Å². The number of rotatable bonds is 4. The lowest BCUT2D eigenvalue weighted by Crippen LogP contribution is -2.06. The summed E-state index contributed by atoms with van der Waals surface area (Å²) >= 11 is 0. The highest BCUT2D eigenvalue weighted by molar-refractivity contribution is 6.11. The van der Waals surface area contributed by atoms with Crippen LogP contribution in [-0.4, -0.2) is 4.57 Å². The van der Waals surface area contributed by atoms with Gasteiger partial charge in [-0.1, -0.05) is 78.4 Å². The lowest BCUT2D eigenvalue weighted by atomic mass is 9.92. The van der Waals surface area contributed by atoms with Crippen molar-refractivity contribution >= 4 is 21.8 Å². The maximum Gasteiger partial charge on any atom is 0.0541 e. The first kappa shape index (κ1) is 27.9. The SMILES string of the molecule is Cc1cc(-c2ccccc2)cc(-c2cccc(-c3ccc4c(c3)c3cc(C)ccc3n4-c3c(C)c(C)c(C)c(C)c3C)c2)c1. The van der Waals surface area contributed by atoms with Crippen molar-refractivity contribution in [3.63, 3.8) is 0 Å². The molecule has 0 spiro atoms. The molecule has 0 N–H and O–H groups in total. The van der Waals surface area contributed by atoms with E-state index in [1.807, 2.05) is 0 Å². The average Bonchev–Trinajstić information content (AvgIpc) is 3.35. The second kappa shape index (κ2) is 10.7. The summed E-state index contributed by atoms with van der Waals surface area (Å²) in [4.78, 5) is 0. The summed E-state index contributed by atoms with van der Waals surface area (Å²) in [7, 11) is 0. The Bertz CT molecular complexity index is 2200. The normalized spacial score (nSPS) is 11.5. The van der Waals surface area contributed by atoms with Crippen molar-refractivity contribution in [2.24, 2.45) is 0 Å². The molecule has 6 aromatic carbocycles. The Balaban J connectivity index is 1.41. The van der Waals surface area contributed by atoms with Crippen molar-refractivity contribution in [2.75, 3.05) is 0 Å². The molecule has 216 valence electrons. The third kappa shape index (κ3) is 4.55. The predicted octanol–water partition coefficient (Wildman–Crippen LogP) is 11.9. The molecular weight excluding hydrogens is 530 g/mol. The number of aryl methyl sites for hydroxylation is 2. The zero-order chi connectivity index (χ0) is 30.7. The van der Waals surface area contributed by atoms with Gasteiger partial charge in [0, 0.05) is 10.8 Å². The summed E-state index contributed by atoms with van der Waals surface area (Å²) in [6, 6.07) is 40.5. The minimum absolute atomic E-state index is 1.23. The van der Waals surface area contributed by atoms with Crippen LogP contribution in [0.25, 0.3) is 60.9 Å². The zero-order valence-electron chi connectivity index (χ0n) is 26.8. The largest absolute Gasteiger partial charge is 0.309 e. The van der Waals surface area contributed by atoms with Gasteiger partial charge < -0.3 is 4.57 Å². The molecule has 0 aliphatic rings. The predicted molar refractivity (Wildman–Crippen MR) is 190 cm³/mol. The Morgan fingerprint density at radius 3 is 1.52 bits per heavy atom. The van der Waals surface area contributed by atoms with Crippen LogP contribution in [0.1, 0.15) is 38.9 Å². The third-order valence-corrected chi connectivity index (χ3v) is 9.82. The lowest BCUT2D eigenvalue weighted by molar-refractivity contribution is 1.07. The first-order valence-electron chi connectivity index (χ1n) is 15.6. The standard InChI is InChI=1S/C43H39N/c1-26-16-18-41-39(22-26)40-25-36(17-19-42(40)44(41)43-31(6)29(4)28(3)30(5)32(43)7)34-14-11-15-35(23-34)38-21-27(2)20-37(24-38)33-12-9-8-10-13-33/h8-25H,1-7H3. The molecule has 1 nitrogen and oxygen atoms in total. The Kier molecular flexibility index (Phi) is 6.78. The van der Waals surface area contributed by atoms with Crippen LogP contribution in [0, 0.1) is 48.5 Å². The number of benzene rings is 6. The molecule has 0 saturated carbocycles. The molecule has 44 heavy (non-hydrogen) atoms. The average molecular weight is 570 g/mol. The van der Waals surface area contributed by atoms with Crippen LogP contribution in [0.3, 0.4) is 0 Å². The van der Waals surface area contributed by atoms with Gasteiger partial charge in [0.15, 0.2) is 0 Å². The first-order valence-corrected chi connectivity index (χ1v) is 15.6.